The molecule has 1 aromatic heterocycles. The number of benzene rings is 1. The van der Waals surface area contributed by atoms with Crippen LogP contribution in [0.15, 0.2) is 52.6 Å². The maximum Gasteiger partial charge on any atom is 0.249 e. The number of aromatic nitrogens is 2. The van der Waals surface area contributed by atoms with Crippen LogP contribution >= 0.6 is 11.6 Å². The molecule has 0 aliphatic carbocycles. The second-order valence-electron chi connectivity index (χ2n) is 6.58. The minimum atomic E-state index is 0.322. The van der Waals surface area contributed by atoms with Crippen molar-refractivity contribution in [2.45, 2.75) is 46.0 Å². The highest BCUT2D eigenvalue weighted by molar-refractivity contribution is 6.31. The monoisotopic (exact) mass is 382 g/mol. The molecule has 0 bridgehead atoms. The molecule has 142 valence electrons. The summed E-state index contributed by atoms with van der Waals surface area (Å²) in [6.07, 6.45) is 5.71. The Balaban J connectivity index is 2.24. The van der Waals surface area contributed by atoms with E-state index in [1.807, 2.05) is 6.92 Å². The van der Waals surface area contributed by atoms with E-state index in [1.165, 1.54) is 11.1 Å². The van der Waals surface area contributed by atoms with Crippen molar-refractivity contribution in [2.24, 2.45) is 9.98 Å². The normalized spacial score (nSPS) is 13.1. The fraction of sp³-hybridized carbons (Fsp3) is 0.364. The Morgan fingerprint density at radius 1 is 1.30 bits per heavy atom. The van der Waals surface area contributed by atoms with E-state index in [0.29, 0.717) is 16.9 Å². The minimum Gasteiger partial charge on any atom is -0.295 e. The molecule has 0 saturated heterocycles. The van der Waals surface area contributed by atoms with Gasteiger partial charge in [-0.3, -0.25) is 4.99 Å². The summed E-state index contributed by atoms with van der Waals surface area (Å²) in [6, 6.07) is 8.47. The van der Waals surface area contributed by atoms with Gasteiger partial charge in [-0.25, -0.2) is 15.0 Å². The molecule has 4 nitrogen and oxygen atoms in total. The smallest absolute Gasteiger partial charge is 0.249 e. The Kier molecular flexibility index (Phi) is 7.86. The molecule has 1 heterocycles. The van der Waals surface area contributed by atoms with Gasteiger partial charge in [-0.2, -0.15) is 0 Å². The van der Waals surface area contributed by atoms with Gasteiger partial charge in [0.2, 0.25) is 5.95 Å². The molecule has 1 aromatic carbocycles. The van der Waals surface area contributed by atoms with Crippen molar-refractivity contribution in [3.05, 3.63) is 64.5 Å². The summed E-state index contributed by atoms with van der Waals surface area (Å²) >= 11 is 6.33. The molecule has 0 radical (unpaired) electrons. The molecule has 1 unspecified atom stereocenters. The van der Waals surface area contributed by atoms with Crippen molar-refractivity contribution in [3.63, 3.8) is 0 Å². The van der Waals surface area contributed by atoms with Gasteiger partial charge in [0.1, 0.15) is 0 Å². The molecular weight excluding hydrogens is 356 g/mol. The Hall–Kier alpha value is -2.33. The van der Waals surface area contributed by atoms with Crippen LogP contribution in [0.5, 0.6) is 0 Å². The topological polar surface area (TPSA) is 50.5 Å². The van der Waals surface area contributed by atoms with Crippen molar-refractivity contribution >= 4 is 29.5 Å². The lowest BCUT2D eigenvalue weighted by molar-refractivity contribution is 0.839. The third kappa shape index (κ3) is 5.83. The van der Waals surface area contributed by atoms with Crippen molar-refractivity contribution < 1.29 is 0 Å². The number of rotatable bonds is 8. The van der Waals surface area contributed by atoms with E-state index in [1.54, 1.807) is 19.5 Å². The van der Waals surface area contributed by atoms with E-state index < -0.39 is 0 Å². The van der Waals surface area contributed by atoms with E-state index in [4.69, 9.17) is 11.6 Å². The predicted molar refractivity (Wildman–Crippen MR) is 116 cm³/mol. The summed E-state index contributed by atoms with van der Waals surface area (Å²) in [6.45, 7) is 10.4. The molecule has 0 fully saturated rings. The maximum atomic E-state index is 6.33. The Morgan fingerprint density at radius 2 is 2.04 bits per heavy atom. The Bertz CT molecular complexity index is 855. The summed E-state index contributed by atoms with van der Waals surface area (Å²) in [5.41, 5.74) is 5.41. The van der Waals surface area contributed by atoms with Crippen molar-refractivity contribution in [2.75, 3.05) is 7.05 Å². The summed E-state index contributed by atoms with van der Waals surface area (Å²) < 4.78 is 0. The number of hydrogen-bond acceptors (Lipinski definition) is 4. The predicted octanol–water partition coefficient (Wildman–Crippen LogP) is 5.78. The van der Waals surface area contributed by atoms with Gasteiger partial charge in [0.25, 0.3) is 0 Å². The molecule has 0 amide bonds. The van der Waals surface area contributed by atoms with Crippen molar-refractivity contribution in [1.29, 1.82) is 0 Å². The second-order valence-corrected chi connectivity index (χ2v) is 6.98. The van der Waals surface area contributed by atoms with E-state index in [9.17, 15) is 0 Å². The van der Waals surface area contributed by atoms with Crippen LogP contribution in [0.1, 0.15) is 49.9 Å². The summed E-state index contributed by atoms with van der Waals surface area (Å²) in [5, 5.41) is 0.571. The zero-order chi connectivity index (χ0) is 19.8. The molecule has 0 spiro atoms. The lowest BCUT2D eigenvalue weighted by Gasteiger charge is -2.16. The van der Waals surface area contributed by atoms with Gasteiger partial charge in [0.15, 0.2) is 0 Å². The molecule has 0 N–H and O–H groups in total. The molecule has 0 aliphatic heterocycles. The fourth-order valence-corrected chi connectivity index (χ4v) is 2.99. The quantitative estimate of drug-likeness (QED) is 0.429. The number of aryl methyl sites for hydroxylation is 2. The first-order chi connectivity index (χ1) is 13.0. The van der Waals surface area contributed by atoms with Gasteiger partial charge in [-0.1, -0.05) is 61.9 Å². The van der Waals surface area contributed by atoms with Crippen LogP contribution < -0.4 is 0 Å². The number of nitrogens with zero attached hydrogens (tertiary/aromatic N) is 4. The number of hydrogen-bond donors (Lipinski definition) is 0. The fourth-order valence-electron chi connectivity index (χ4n) is 2.80. The zero-order valence-corrected chi connectivity index (χ0v) is 17.3. The Labute approximate surface area is 167 Å². The third-order valence-electron chi connectivity index (χ3n) is 4.58. The molecular formula is C22H27ClN4. The zero-order valence-electron chi connectivity index (χ0n) is 16.5. The first kappa shape index (κ1) is 21.0. The lowest BCUT2D eigenvalue weighted by Crippen LogP contribution is -2.04. The van der Waals surface area contributed by atoms with Gasteiger partial charge >= 0.3 is 0 Å². The molecule has 0 aliphatic rings. The van der Waals surface area contributed by atoms with E-state index in [0.717, 1.165) is 36.2 Å². The molecule has 27 heavy (non-hydrogen) atoms. The van der Waals surface area contributed by atoms with Crippen LogP contribution in [0.25, 0.3) is 0 Å². The van der Waals surface area contributed by atoms with Crippen LogP contribution in [-0.4, -0.2) is 28.9 Å². The van der Waals surface area contributed by atoms with Gasteiger partial charge in [-0.15, -0.1) is 0 Å². The number of halogens is 1. The van der Waals surface area contributed by atoms with Gasteiger partial charge < -0.3 is 0 Å². The van der Waals surface area contributed by atoms with Crippen LogP contribution in [0.2, 0.25) is 5.02 Å². The highest BCUT2D eigenvalue weighted by Gasteiger charge is 2.12. The summed E-state index contributed by atoms with van der Waals surface area (Å²) in [5.74, 6) is 0.748. The number of allylic oxidation sites excluding steroid dienone is 1. The average molecular weight is 383 g/mol. The highest BCUT2D eigenvalue weighted by Crippen LogP contribution is 2.27. The van der Waals surface area contributed by atoms with E-state index in [2.05, 4.69) is 64.6 Å². The lowest BCUT2D eigenvalue weighted by atomic mass is 9.89. The molecule has 1 atom stereocenters. The largest absolute Gasteiger partial charge is 0.295 e. The molecule has 2 aromatic rings. The minimum absolute atomic E-state index is 0.322. The highest BCUT2D eigenvalue weighted by atomic mass is 35.5. The first-order valence-electron chi connectivity index (χ1n) is 9.20. The maximum absolute atomic E-state index is 6.33. The standard InChI is InChI=1S/C22H27ClN4/c1-6-18(13-24-5)26-22-25-14-20(23)21(27-22)12-11-17-9-7-8-10-19(17)16(4)15(2)3/h7-10,13-14,16H,2,6,11-12H2,1,3-5H3. The average Bonchev–Trinajstić information content (AvgIpc) is 2.67. The first-order valence-corrected chi connectivity index (χ1v) is 9.58. The number of aliphatic imine (C=N–C) groups is 2. The van der Waals surface area contributed by atoms with Crippen LogP contribution in [0.4, 0.5) is 5.95 Å². The van der Waals surface area contributed by atoms with Gasteiger partial charge in [-0.05, 0) is 37.3 Å². The van der Waals surface area contributed by atoms with Crippen LogP contribution in [0.3, 0.4) is 0 Å². The van der Waals surface area contributed by atoms with E-state index in [-0.39, 0.29) is 0 Å². The van der Waals surface area contributed by atoms with Crippen molar-refractivity contribution in [1.82, 2.24) is 9.97 Å². The molecule has 0 saturated carbocycles. The Morgan fingerprint density at radius 3 is 2.70 bits per heavy atom. The third-order valence-corrected chi connectivity index (χ3v) is 4.90. The molecule has 2 rings (SSSR count). The second kappa shape index (κ2) is 10.1. The van der Waals surface area contributed by atoms with Crippen LogP contribution in [-0.2, 0) is 12.8 Å². The summed E-state index contributed by atoms with van der Waals surface area (Å²) in [4.78, 5) is 17.3. The van der Waals surface area contributed by atoms with E-state index >= 15 is 0 Å². The van der Waals surface area contributed by atoms with Crippen LogP contribution in [0, 0.1) is 0 Å². The van der Waals surface area contributed by atoms with Gasteiger partial charge in [0.05, 0.1) is 22.6 Å². The SMILES string of the molecule is C=C(C)C(C)c1ccccc1CCc1nc(N=C(C=NC)CC)ncc1Cl. The van der Waals surface area contributed by atoms with Crippen molar-refractivity contribution in [3.8, 4) is 0 Å². The molecule has 5 heteroatoms. The summed E-state index contributed by atoms with van der Waals surface area (Å²) in [7, 11) is 1.72. The van der Waals surface area contributed by atoms with Gasteiger partial charge in [0, 0.05) is 19.2 Å².